The van der Waals surface area contributed by atoms with Crippen molar-refractivity contribution in [3.05, 3.63) is 57.0 Å². The fourth-order valence-electron chi connectivity index (χ4n) is 1.65. The first-order valence-corrected chi connectivity index (χ1v) is 6.25. The van der Waals surface area contributed by atoms with Crippen LogP contribution in [0.25, 0.3) is 11.1 Å². The van der Waals surface area contributed by atoms with E-state index in [1.54, 1.807) is 6.07 Å². The fraction of sp³-hybridized carbons (Fsp3) is 0.0714. The molecule has 17 heavy (non-hydrogen) atoms. The van der Waals surface area contributed by atoms with Gasteiger partial charge in [-0.25, -0.2) is 0 Å². The highest BCUT2D eigenvalue weighted by molar-refractivity contribution is 9.10. The van der Waals surface area contributed by atoms with Crippen LogP contribution in [0, 0.1) is 18.3 Å². The third kappa shape index (κ3) is 2.52. The summed E-state index contributed by atoms with van der Waals surface area (Å²) < 4.78 is 0.934. The molecule has 3 heteroatoms. The first kappa shape index (κ1) is 12.2. The molecule has 0 radical (unpaired) electrons. The number of benzene rings is 2. The quantitative estimate of drug-likeness (QED) is 0.731. The molecule has 1 nitrogen and oxygen atoms in total. The van der Waals surface area contributed by atoms with E-state index in [1.165, 1.54) is 0 Å². The van der Waals surface area contributed by atoms with Gasteiger partial charge in [-0.05, 0) is 42.8 Å². The zero-order valence-electron chi connectivity index (χ0n) is 9.17. The number of nitriles is 1. The van der Waals surface area contributed by atoms with Crippen molar-refractivity contribution in [3.8, 4) is 17.2 Å². The summed E-state index contributed by atoms with van der Waals surface area (Å²) in [6.45, 7) is 2.02. The van der Waals surface area contributed by atoms with E-state index in [9.17, 15) is 0 Å². The van der Waals surface area contributed by atoms with Crippen LogP contribution in [0.4, 0.5) is 0 Å². The highest BCUT2D eigenvalue weighted by atomic mass is 79.9. The summed E-state index contributed by atoms with van der Waals surface area (Å²) in [5.74, 6) is 0. The van der Waals surface area contributed by atoms with Gasteiger partial charge in [0.15, 0.2) is 0 Å². The van der Waals surface area contributed by atoms with Crippen molar-refractivity contribution < 1.29 is 0 Å². The van der Waals surface area contributed by atoms with Crippen molar-refractivity contribution in [3.63, 3.8) is 0 Å². The average molecular weight is 307 g/mol. The van der Waals surface area contributed by atoms with E-state index in [1.807, 2.05) is 37.3 Å². The van der Waals surface area contributed by atoms with Crippen molar-refractivity contribution >= 4 is 27.5 Å². The Balaban J connectivity index is 2.68. The average Bonchev–Trinajstić information content (AvgIpc) is 2.33. The summed E-state index contributed by atoms with van der Waals surface area (Å²) >= 11 is 9.68. The van der Waals surface area contributed by atoms with Crippen LogP contribution in [-0.4, -0.2) is 0 Å². The van der Waals surface area contributed by atoms with Crippen LogP contribution in [0.15, 0.2) is 40.9 Å². The lowest BCUT2D eigenvalue weighted by Gasteiger charge is -2.08. The number of hydrogen-bond acceptors (Lipinski definition) is 1. The largest absolute Gasteiger partial charge is 0.192 e. The summed E-state index contributed by atoms with van der Waals surface area (Å²) in [5.41, 5.74) is 3.65. The van der Waals surface area contributed by atoms with Crippen molar-refractivity contribution in [1.29, 1.82) is 5.26 Å². The van der Waals surface area contributed by atoms with Gasteiger partial charge in [0.1, 0.15) is 0 Å². The topological polar surface area (TPSA) is 23.8 Å². The van der Waals surface area contributed by atoms with Crippen molar-refractivity contribution in [1.82, 2.24) is 0 Å². The predicted molar refractivity (Wildman–Crippen MR) is 74.0 cm³/mol. The molecule has 0 fully saturated rings. The lowest BCUT2D eigenvalue weighted by atomic mass is 10.0. The Morgan fingerprint density at radius 3 is 2.59 bits per heavy atom. The van der Waals surface area contributed by atoms with E-state index in [2.05, 4.69) is 22.0 Å². The van der Waals surface area contributed by atoms with Gasteiger partial charge in [-0.3, -0.25) is 0 Å². The molecule has 0 saturated carbocycles. The maximum absolute atomic E-state index is 8.93. The van der Waals surface area contributed by atoms with Gasteiger partial charge in [-0.15, -0.1) is 0 Å². The van der Waals surface area contributed by atoms with E-state index in [0.29, 0.717) is 10.6 Å². The summed E-state index contributed by atoms with van der Waals surface area (Å²) in [6, 6.07) is 13.5. The molecule has 0 spiro atoms. The van der Waals surface area contributed by atoms with Gasteiger partial charge in [0.05, 0.1) is 11.6 Å². The van der Waals surface area contributed by atoms with Crippen LogP contribution in [0.3, 0.4) is 0 Å². The Kier molecular flexibility index (Phi) is 3.51. The minimum atomic E-state index is 0.626. The number of nitrogens with zero attached hydrogens (tertiary/aromatic N) is 1. The van der Waals surface area contributed by atoms with Gasteiger partial charge in [0.25, 0.3) is 0 Å². The van der Waals surface area contributed by atoms with Crippen molar-refractivity contribution in [2.24, 2.45) is 0 Å². The zero-order valence-corrected chi connectivity index (χ0v) is 11.5. The molecule has 0 aliphatic carbocycles. The van der Waals surface area contributed by atoms with E-state index in [0.717, 1.165) is 21.2 Å². The van der Waals surface area contributed by atoms with Gasteiger partial charge in [0.2, 0.25) is 0 Å². The molecule has 0 saturated heterocycles. The lowest BCUT2D eigenvalue weighted by Crippen LogP contribution is -1.85. The van der Waals surface area contributed by atoms with Crippen LogP contribution in [0.5, 0.6) is 0 Å². The molecule has 0 unspecified atom stereocenters. The third-order valence-electron chi connectivity index (χ3n) is 2.51. The highest BCUT2D eigenvalue weighted by Gasteiger charge is 2.08. The molecule has 0 amide bonds. The van der Waals surface area contributed by atoms with Crippen LogP contribution >= 0.6 is 27.5 Å². The van der Waals surface area contributed by atoms with Crippen molar-refractivity contribution in [2.45, 2.75) is 6.92 Å². The maximum Gasteiger partial charge on any atom is 0.0991 e. The van der Waals surface area contributed by atoms with Gasteiger partial charge in [-0.2, -0.15) is 5.26 Å². The molecule has 0 aromatic heterocycles. The molecule has 0 aliphatic rings. The van der Waals surface area contributed by atoms with Gasteiger partial charge < -0.3 is 0 Å². The van der Waals surface area contributed by atoms with Crippen LogP contribution in [-0.2, 0) is 0 Å². The fourth-order valence-corrected chi connectivity index (χ4v) is 2.33. The molecule has 0 atom stereocenters. The molecule has 0 aliphatic heterocycles. The van der Waals surface area contributed by atoms with Crippen LogP contribution in [0.2, 0.25) is 5.02 Å². The molecule has 0 heterocycles. The smallest absolute Gasteiger partial charge is 0.0991 e. The Bertz CT molecular complexity index is 614. The standard InChI is InChI=1S/C14H9BrClN/c1-9-2-5-14(16)12(6-9)11-7-10(8-17)3-4-13(11)15/h2-7H,1H3. The van der Waals surface area contributed by atoms with Gasteiger partial charge in [0, 0.05) is 15.1 Å². The summed E-state index contributed by atoms with van der Waals surface area (Å²) in [4.78, 5) is 0. The molecular formula is C14H9BrClN. The summed E-state index contributed by atoms with van der Waals surface area (Å²) in [6.07, 6.45) is 0. The Hall–Kier alpha value is -1.30. The summed E-state index contributed by atoms with van der Waals surface area (Å²) in [5, 5.41) is 9.61. The lowest BCUT2D eigenvalue weighted by molar-refractivity contribution is 1.44. The SMILES string of the molecule is Cc1ccc(Cl)c(-c2cc(C#N)ccc2Br)c1. The first-order valence-electron chi connectivity index (χ1n) is 5.08. The zero-order chi connectivity index (χ0) is 12.4. The predicted octanol–water partition coefficient (Wildman–Crippen LogP) is 4.95. The highest BCUT2D eigenvalue weighted by Crippen LogP contribution is 2.34. The molecular weight excluding hydrogens is 298 g/mol. The second-order valence-corrected chi connectivity index (χ2v) is 5.05. The van der Waals surface area contributed by atoms with E-state index in [-0.39, 0.29) is 0 Å². The number of rotatable bonds is 1. The van der Waals surface area contributed by atoms with Crippen molar-refractivity contribution in [2.75, 3.05) is 0 Å². The van der Waals surface area contributed by atoms with Gasteiger partial charge in [-0.1, -0.05) is 39.2 Å². The van der Waals surface area contributed by atoms with E-state index >= 15 is 0 Å². The first-order chi connectivity index (χ1) is 8.11. The monoisotopic (exact) mass is 305 g/mol. The molecule has 0 bridgehead atoms. The van der Waals surface area contributed by atoms with E-state index < -0.39 is 0 Å². The van der Waals surface area contributed by atoms with Crippen LogP contribution < -0.4 is 0 Å². The number of halogens is 2. The second kappa shape index (κ2) is 4.91. The normalized spacial score (nSPS) is 10.0. The maximum atomic E-state index is 8.93. The summed E-state index contributed by atoms with van der Waals surface area (Å²) in [7, 11) is 0. The molecule has 2 aromatic rings. The molecule has 2 rings (SSSR count). The second-order valence-electron chi connectivity index (χ2n) is 3.79. The number of aryl methyl sites for hydroxylation is 1. The third-order valence-corrected chi connectivity index (χ3v) is 3.53. The van der Waals surface area contributed by atoms with Gasteiger partial charge >= 0.3 is 0 Å². The molecule has 84 valence electrons. The minimum absolute atomic E-state index is 0.626. The number of hydrogen-bond donors (Lipinski definition) is 0. The molecule has 2 aromatic carbocycles. The molecule has 0 N–H and O–H groups in total. The minimum Gasteiger partial charge on any atom is -0.192 e. The Labute approximate surface area is 114 Å². The van der Waals surface area contributed by atoms with E-state index in [4.69, 9.17) is 16.9 Å². The Morgan fingerprint density at radius 1 is 1.12 bits per heavy atom. The van der Waals surface area contributed by atoms with Crippen LogP contribution in [0.1, 0.15) is 11.1 Å². The Morgan fingerprint density at radius 2 is 1.88 bits per heavy atom.